The van der Waals surface area contributed by atoms with Gasteiger partial charge in [-0.25, -0.2) is 0 Å². The number of hydrogen-bond acceptors (Lipinski definition) is 2. The molecule has 0 saturated carbocycles. The van der Waals surface area contributed by atoms with Crippen molar-refractivity contribution in [1.29, 1.82) is 0 Å². The van der Waals surface area contributed by atoms with Gasteiger partial charge in [0.25, 0.3) is 0 Å². The highest BCUT2D eigenvalue weighted by molar-refractivity contribution is 6.47. The monoisotopic (exact) mass is 288 g/mol. The topological polar surface area (TPSA) is 18.5 Å². The molecule has 3 heteroatoms. The van der Waals surface area contributed by atoms with Crippen LogP contribution in [0, 0.1) is 0 Å². The highest BCUT2D eigenvalue weighted by atomic mass is 16.7. The van der Waals surface area contributed by atoms with Gasteiger partial charge in [-0.3, -0.25) is 0 Å². The first-order valence-electron chi connectivity index (χ1n) is 8.28. The van der Waals surface area contributed by atoms with Crippen molar-refractivity contribution >= 4 is 7.12 Å². The van der Waals surface area contributed by atoms with Crippen LogP contribution in [0.15, 0.2) is 30.3 Å². The van der Waals surface area contributed by atoms with Gasteiger partial charge < -0.3 is 9.31 Å². The summed E-state index contributed by atoms with van der Waals surface area (Å²) < 4.78 is 12.6. The predicted molar refractivity (Wildman–Crippen MR) is 89.4 cm³/mol. The van der Waals surface area contributed by atoms with Crippen LogP contribution < -0.4 is 0 Å². The van der Waals surface area contributed by atoms with Gasteiger partial charge >= 0.3 is 7.12 Å². The molecule has 1 atom stereocenters. The molecule has 0 unspecified atom stereocenters. The van der Waals surface area contributed by atoms with Crippen molar-refractivity contribution in [1.82, 2.24) is 0 Å². The molecule has 0 amide bonds. The molecule has 0 aromatic heterocycles. The van der Waals surface area contributed by atoms with E-state index in [0.717, 1.165) is 6.42 Å². The predicted octanol–water partition coefficient (Wildman–Crippen LogP) is 4.98. The third kappa shape index (κ3) is 3.70. The van der Waals surface area contributed by atoms with Crippen LogP contribution in [0.5, 0.6) is 0 Å². The van der Waals surface area contributed by atoms with Crippen LogP contribution in [0.1, 0.15) is 71.7 Å². The van der Waals surface area contributed by atoms with Crippen molar-refractivity contribution in [3.05, 3.63) is 35.9 Å². The Bertz CT molecular complexity index is 426. The zero-order chi connectivity index (χ0) is 15.5. The first-order chi connectivity index (χ1) is 9.87. The molecular weight excluding hydrogens is 259 g/mol. The Kier molecular flexibility index (Phi) is 5.16. The van der Waals surface area contributed by atoms with Gasteiger partial charge in [-0.1, -0.05) is 56.5 Å². The van der Waals surface area contributed by atoms with E-state index in [2.05, 4.69) is 65.0 Å². The summed E-state index contributed by atoms with van der Waals surface area (Å²) in [6.45, 7) is 10.7. The Labute approximate surface area is 130 Å². The largest absolute Gasteiger partial charge is 0.465 e. The molecule has 0 N–H and O–H groups in total. The molecule has 1 heterocycles. The molecule has 21 heavy (non-hydrogen) atoms. The molecule has 1 aromatic rings. The van der Waals surface area contributed by atoms with E-state index in [1.807, 2.05) is 0 Å². The van der Waals surface area contributed by atoms with Gasteiger partial charge in [-0.2, -0.15) is 0 Å². The fourth-order valence-electron chi connectivity index (χ4n) is 2.83. The van der Waals surface area contributed by atoms with Crippen LogP contribution in [0.3, 0.4) is 0 Å². The highest BCUT2D eigenvalue weighted by Gasteiger charge is 2.53. The van der Waals surface area contributed by atoms with E-state index in [1.54, 1.807) is 0 Å². The van der Waals surface area contributed by atoms with Crippen molar-refractivity contribution < 1.29 is 9.31 Å². The van der Waals surface area contributed by atoms with E-state index in [0.29, 0.717) is 5.82 Å². The van der Waals surface area contributed by atoms with Gasteiger partial charge in [0.05, 0.1) is 11.2 Å². The summed E-state index contributed by atoms with van der Waals surface area (Å²) >= 11 is 0. The summed E-state index contributed by atoms with van der Waals surface area (Å²) in [7, 11) is -0.144. The normalized spacial score (nSPS) is 21.5. The average Bonchev–Trinajstić information content (AvgIpc) is 2.64. The minimum atomic E-state index is -0.255. The number of benzene rings is 1. The van der Waals surface area contributed by atoms with Crippen LogP contribution in [0.4, 0.5) is 0 Å². The molecule has 1 saturated heterocycles. The lowest BCUT2D eigenvalue weighted by Gasteiger charge is -2.32. The lowest BCUT2D eigenvalue weighted by atomic mass is 9.65. The van der Waals surface area contributed by atoms with E-state index in [1.165, 1.54) is 24.8 Å². The first kappa shape index (κ1) is 16.6. The van der Waals surface area contributed by atoms with Crippen LogP contribution in [-0.4, -0.2) is 18.3 Å². The highest BCUT2D eigenvalue weighted by Crippen LogP contribution is 2.42. The lowest BCUT2D eigenvalue weighted by molar-refractivity contribution is 0.00578. The number of rotatable bonds is 6. The Morgan fingerprint density at radius 3 is 2.05 bits per heavy atom. The lowest BCUT2D eigenvalue weighted by Crippen LogP contribution is -2.41. The number of unbranched alkanes of at least 4 members (excludes halogenated alkanes) is 2. The summed E-state index contributed by atoms with van der Waals surface area (Å²) in [6, 6.07) is 10.7. The molecule has 116 valence electrons. The molecule has 0 bridgehead atoms. The SMILES string of the molecule is CCCCC[C@H](B1OC(C)(C)C(C)(C)O1)c1ccccc1. The Balaban J connectivity index is 2.17. The smallest absolute Gasteiger partial charge is 0.403 e. The maximum absolute atomic E-state index is 6.29. The molecule has 1 aromatic carbocycles. The van der Waals surface area contributed by atoms with E-state index in [4.69, 9.17) is 9.31 Å². The molecule has 0 spiro atoms. The standard InChI is InChI=1S/C18H29BO2/c1-6-7-9-14-16(15-12-10-8-11-13-15)19-20-17(2,3)18(4,5)21-19/h8,10-13,16H,6-7,9,14H2,1-5H3/t16-/m0/s1. The Hall–Kier alpha value is -0.795. The molecule has 1 fully saturated rings. The minimum Gasteiger partial charge on any atom is -0.403 e. The van der Waals surface area contributed by atoms with Crippen molar-refractivity contribution in [3.8, 4) is 0 Å². The van der Waals surface area contributed by atoms with Crippen molar-refractivity contribution in [3.63, 3.8) is 0 Å². The summed E-state index contributed by atoms with van der Waals surface area (Å²) in [4.78, 5) is 0. The second-order valence-electron chi connectivity index (χ2n) is 7.14. The molecule has 0 aliphatic carbocycles. The minimum absolute atomic E-state index is 0.144. The van der Waals surface area contributed by atoms with Gasteiger partial charge in [-0.15, -0.1) is 0 Å². The third-order valence-electron chi connectivity index (χ3n) is 4.95. The quantitative estimate of drug-likeness (QED) is 0.543. The molecule has 2 rings (SSSR count). The van der Waals surface area contributed by atoms with Crippen molar-refractivity contribution in [2.45, 2.75) is 77.3 Å². The molecule has 2 nitrogen and oxygen atoms in total. The summed E-state index contributed by atoms with van der Waals surface area (Å²) in [5, 5.41) is 0. The fourth-order valence-corrected chi connectivity index (χ4v) is 2.83. The maximum atomic E-state index is 6.29. The first-order valence-corrected chi connectivity index (χ1v) is 8.28. The van der Waals surface area contributed by atoms with E-state index in [9.17, 15) is 0 Å². The van der Waals surface area contributed by atoms with Crippen LogP contribution in [0.25, 0.3) is 0 Å². The second-order valence-corrected chi connectivity index (χ2v) is 7.14. The van der Waals surface area contributed by atoms with Crippen molar-refractivity contribution in [2.24, 2.45) is 0 Å². The zero-order valence-corrected chi connectivity index (χ0v) is 14.2. The van der Waals surface area contributed by atoms with Crippen LogP contribution in [-0.2, 0) is 9.31 Å². The van der Waals surface area contributed by atoms with Gasteiger partial charge in [0.15, 0.2) is 0 Å². The van der Waals surface area contributed by atoms with Gasteiger partial charge in [0.1, 0.15) is 0 Å². The zero-order valence-electron chi connectivity index (χ0n) is 14.2. The number of hydrogen-bond donors (Lipinski definition) is 0. The van der Waals surface area contributed by atoms with E-state index >= 15 is 0 Å². The second kappa shape index (κ2) is 6.54. The third-order valence-corrected chi connectivity index (χ3v) is 4.95. The Morgan fingerprint density at radius 2 is 1.52 bits per heavy atom. The molecule has 1 aliphatic heterocycles. The summed E-state index contributed by atoms with van der Waals surface area (Å²) in [5.74, 6) is 0.318. The van der Waals surface area contributed by atoms with Gasteiger partial charge in [0, 0.05) is 5.82 Å². The van der Waals surface area contributed by atoms with Gasteiger partial charge in [0.2, 0.25) is 0 Å². The van der Waals surface area contributed by atoms with Crippen molar-refractivity contribution in [2.75, 3.05) is 0 Å². The Morgan fingerprint density at radius 1 is 0.952 bits per heavy atom. The maximum Gasteiger partial charge on any atom is 0.465 e. The molecular formula is C18H29BO2. The molecule has 1 aliphatic rings. The van der Waals surface area contributed by atoms with Crippen LogP contribution in [0.2, 0.25) is 0 Å². The molecule has 0 radical (unpaired) electrons. The van der Waals surface area contributed by atoms with Gasteiger partial charge in [-0.05, 0) is 39.7 Å². The average molecular weight is 288 g/mol. The van der Waals surface area contributed by atoms with E-state index in [-0.39, 0.29) is 18.3 Å². The summed E-state index contributed by atoms with van der Waals surface area (Å²) in [6.07, 6.45) is 4.85. The fraction of sp³-hybridized carbons (Fsp3) is 0.667. The van der Waals surface area contributed by atoms with E-state index < -0.39 is 0 Å². The van der Waals surface area contributed by atoms with Crippen LogP contribution >= 0.6 is 0 Å². The summed E-state index contributed by atoms with van der Waals surface area (Å²) in [5.41, 5.74) is 0.817.